The normalized spacial score (nSPS) is 10.8. The van der Waals surface area contributed by atoms with Gasteiger partial charge < -0.3 is 4.74 Å². The maximum Gasteiger partial charge on any atom is 0.350 e. The number of anilines is 1. The zero-order chi connectivity index (χ0) is 19.6. The Hall–Kier alpha value is -3.07. The summed E-state index contributed by atoms with van der Waals surface area (Å²) in [5.41, 5.74) is 0.440. The number of esters is 1. The average molecular weight is 386 g/mol. The Morgan fingerprint density at radius 3 is 2.70 bits per heavy atom. The van der Waals surface area contributed by atoms with Crippen LogP contribution in [0.3, 0.4) is 0 Å². The molecule has 140 valence electrons. The Bertz CT molecular complexity index is 1090. The Morgan fingerprint density at radius 1 is 1.26 bits per heavy atom. The molecule has 0 unspecified atom stereocenters. The van der Waals surface area contributed by atoms with E-state index in [1.165, 1.54) is 0 Å². The van der Waals surface area contributed by atoms with Crippen LogP contribution >= 0.6 is 11.3 Å². The fourth-order valence-corrected chi connectivity index (χ4v) is 3.48. The van der Waals surface area contributed by atoms with Crippen molar-refractivity contribution in [3.63, 3.8) is 0 Å². The summed E-state index contributed by atoms with van der Waals surface area (Å²) < 4.78 is 6.56. The summed E-state index contributed by atoms with van der Waals surface area (Å²) in [6.07, 6.45) is 0. The van der Waals surface area contributed by atoms with Crippen LogP contribution in [-0.2, 0) is 11.3 Å². The Morgan fingerprint density at radius 2 is 2.00 bits per heavy atom. The fraction of sp³-hybridized carbons (Fsp3) is 0.278. The Balaban J connectivity index is 1.96. The number of carbonyl (C=O) groups excluding carboxylic acids is 2. The molecule has 3 aromatic rings. The predicted octanol–water partition coefficient (Wildman–Crippen LogP) is 2.61. The molecule has 0 aliphatic carbocycles. The van der Waals surface area contributed by atoms with Crippen molar-refractivity contribution in [3.8, 4) is 0 Å². The van der Waals surface area contributed by atoms with Gasteiger partial charge in [-0.2, -0.15) is 5.10 Å². The molecule has 0 aliphatic heterocycles. The molecule has 0 spiro atoms. The number of ether oxygens (including phenoxy) is 1. The van der Waals surface area contributed by atoms with E-state index in [2.05, 4.69) is 15.4 Å². The SMILES string of the molecule is CCOC(=O)c1sc(NC(=O)c2nn(CC)c3ccccc3c2=O)nc1C. The predicted molar refractivity (Wildman–Crippen MR) is 102 cm³/mol. The minimum atomic E-state index is -0.669. The number of thiazole rings is 1. The third-order valence-corrected chi connectivity index (χ3v) is 4.91. The molecule has 1 aromatic carbocycles. The van der Waals surface area contributed by atoms with Crippen molar-refractivity contribution in [2.24, 2.45) is 0 Å². The molecule has 0 radical (unpaired) electrons. The molecule has 0 bridgehead atoms. The van der Waals surface area contributed by atoms with Gasteiger partial charge in [-0.3, -0.25) is 19.6 Å². The molecule has 0 fully saturated rings. The van der Waals surface area contributed by atoms with Gasteiger partial charge in [0.1, 0.15) is 4.88 Å². The second kappa shape index (κ2) is 7.67. The number of fused-ring (bicyclic) bond motifs is 1. The van der Waals surface area contributed by atoms with Crippen LogP contribution in [0.15, 0.2) is 29.1 Å². The van der Waals surface area contributed by atoms with E-state index in [1.807, 2.05) is 13.0 Å². The fourth-order valence-electron chi connectivity index (χ4n) is 2.62. The second-order valence-electron chi connectivity index (χ2n) is 5.62. The molecule has 0 atom stereocenters. The van der Waals surface area contributed by atoms with Crippen molar-refractivity contribution < 1.29 is 14.3 Å². The molecule has 1 amide bonds. The lowest BCUT2D eigenvalue weighted by Gasteiger charge is -2.09. The summed E-state index contributed by atoms with van der Waals surface area (Å²) in [4.78, 5) is 41.7. The van der Waals surface area contributed by atoms with Gasteiger partial charge in [-0.05, 0) is 32.9 Å². The molecule has 8 nitrogen and oxygen atoms in total. The van der Waals surface area contributed by atoms with Crippen molar-refractivity contribution in [1.29, 1.82) is 0 Å². The van der Waals surface area contributed by atoms with Crippen LogP contribution in [0.5, 0.6) is 0 Å². The van der Waals surface area contributed by atoms with Gasteiger partial charge in [0.15, 0.2) is 10.8 Å². The van der Waals surface area contributed by atoms with Crippen molar-refractivity contribution in [2.75, 3.05) is 11.9 Å². The van der Waals surface area contributed by atoms with Crippen molar-refractivity contribution >= 4 is 39.2 Å². The molecule has 0 aliphatic rings. The van der Waals surface area contributed by atoms with Crippen LogP contribution in [0.25, 0.3) is 10.9 Å². The molecule has 1 N–H and O–H groups in total. The lowest BCUT2D eigenvalue weighted by Crippen LogP contribution is -2.27. The van der Waals surface area contributed by atoms with Crippen LogP contribution in [0.4, 0.5) is 5.13 Å². The van der Waals surface area contributed by atoms with Crippen molar-refractivity contribution in [2.45, 2.75) is 27.3 Å². The number of hydrogen-bond donors (Lipinski definition) is 1. The first-order chi connectivity index (χ1) is 13.0. The van der Waals surface area contributed by atoms with Gasteiger partial charge in [-0.25, -0.2) is 9.78 Å². The summed E-state index contributed by atoms with van der Waals surface area (Å²) in [7, 11) is 0. The van der Waals surface area contributed by atoms with E-state index in [0.717, 1.165) is 11.3 Å². The molecular formula is C18H18N4O4S. The topological polar surface area (TPSA) is 103 Å². The monoisotopic (exact) mass is 386 g/mol. The van der Waals surface area contributed by atoms with E-state index in [9.17, 15) is 14.4 Å². The van der Waals surface area contributed by atoms with Gasteiger partial charge in [0.05, 0.1) is 17.8 Å². The first-order valence-corrected chi connectivity index (χ1v) is 9.23. The largest absolute Gasteiger partial charge is 0.462 e. The maximum atomic E-state index is 12.7. The summed E-state index contributed by atoms with van der Waals surface area (Å²) in [6.45, 7) is 5.99. The van der Waals surface area contributed by atoms with Crippen molar-refractivity contribution in [3.05, 3.63) is 50.8 Å². The van der Waals surface area contributed by atoms with Gasteiger partial charge in [-0.15, -0.1) is 0 Å². The molecule has 0 saturated heterocycles. The Kier molecular flexibility index (Phi) is 5.31. The average Bonchev–Trinajstić information content (AvgIpc) is 3.02. The highest BCUT2D eigenvalue weighted by Gasteiger charge is 2.21. The van der Waals surface area contributed by atoms with E-state index in [0.29, 0.717) is 28.0 Å². The quantitative estimate of drug-likeness (QED) is 0.676. The van der Waals surface area contributed by atoms with E-state index >= 15 is 0 Å². The van der Waals surface area contributed by atoms with Crippen LogP contribution in [0, 0.1) is 6.92 Å². The third-order valence-electron chi connectivity index (χ3n) is 3.86. The van der Waals surface area contributed by atoms with Crippen molar-refractivity contribution in [1.82, 2.24) is 14.8 Å². The zero-order valence-electron chi connectivity index (χ0n) is 15.1. The first-order valence-electron chi connectivity index (χ1n) is 8.42. The molecule has 2 heterocycles. The number of nitrogens with one attached hydrogen (secondary N) is 1. The van der Waals surface area contributed by atoms with Crippen LogP contribution in [-0.4, -0.2) is 33.2 Å². The molecular weight excluding hydrogens is 368 g/mol. The molecule has 9 heteroatoms. The van der Waals surface area contributed by atoms with Gasteiger partial charge in [0, 0.05) is 11.9 Å². The standard InChI is InChI=1S/C18H18N4O4S/c1-4-22-12-9-7-6-8-11(12)14(23)13(21-22)16(24)20-18-19-10(3)15(27-18)17(25)26-5-2/h6-9H,4-5H2,1-3H3,(H,19,20,24). The second-order valence-corrected chi connectivity index (χ2v) is 6.62. The summed E-state index contributed by atoms with van der Waals surface area (Å²) in [5, 5.41) is 7.37. The van der Waals surface area contributed by atoms with Crippen LogP contribution in [0.2, 0.25) is 0 Å². The van der Waals surface area contributed by atoms with Gasteiger partial charge >= 0.3 is 5.97 Å². The van der Waals surface area contributed by atoms with E-state index < -0.39 is 17.3 Å². The van der Waals surface area contributed by atoms with Gasteiger partial charge in [0.2, 0.25) is 5.43 Å². The van der Waals surface area contributed by atoms with E-state index in [-0.39, 0.29) is 17.4 Å². The molecule has 2 aromatic heterocycles. The Labute approximate surface area is 158 Å². The summed E-state index contributed by atoms with van der Waals surface area (Å²) in [5.74, 6) is -1.16. The highest BCUT2D eigenvalue weighted by atomic mass is 32.1. The number of rotatable bonds is 5. The highest BCUT2D eigenvalue weighted by Crippen LogP contribution is 2.23. The van der Waals surface area contributed by atoms with Crippen LogP contribution in [0.1, 0.15) is 39.7 Å². The summed E-state index contributed by atoms with van der Waals surface area (Å²) >= 11 is 0.996. The summed E-state index contributed by atoms with van der Waals surface area (Å²) in [6, 6.07) is 6.99. The molecule has 0 saturated carbocycles. The maximum absolute atomic E-state index is 12.7. The molecule has 3 rings (SSSR count). The highest BCUT2D eigenvalue weighted by molar-refractivity contribution is 7.17. The van der Waals surface area contributed by atoms with E-state index in [1.54, 1.807) is 36.7 Å². The number of carbonyl (C=O) groups is 2. The minimum absolute atomic E-state index is 0.206. The smallest absolute Gasteiger partial charge is 0.350 e. The van der Waals surface area contributed by atoms with E-state index in [4.69, 9.17) is 4.74 Å². The number of aryl methyl sites for hydroxylation is 2. The van der Waals surface area contributed by atoms with Gasteiger partial charge in [0.25, 0.3) is 5.91 Å². The first kappa shape index (κ1) is 18.7. The number of aromatic nitrogens is 3. The number of benzene rings is 1. The lowest BCUT2D eigenvalue weighted by atomic mass is 10.2. The number of hydrogen-bond acceptors (Lipinski definition) is 7. The minimum Gasteiger partial charge on any atom is -0.462 e. The zero-order valence-corrected chi connectivity index (χ0v) is 15.9. The number of amides is 1. The lowest BCUT2D eigenvalue weighted by molar-refractivity contribution is 0.0531. The third kappa shape index (κ3) is 3.59. The number of para-hydroxylation sites is 1. The van der Waals surface area contributed by atoms with Gasteiger partial charge in [-0.1, -0.05) is 23.5 Å². The molecule has 27 heavy (non-hydrogen) atoms. The number of nitrogens with zero attached hydrogens (tertiary/aromatic N) is 3. The van der Waals surface area contributed by atoms with Crippen LogP contribution < -0.4 is 10.7 Å².